The van der Waals surface area contributed by atoms with Gasteiger partial charge in [0.25, 0.3) is 5.91 Å². The van der Waals surface area contributed by atoms with Crippen molar-refractivity contribution in [1.29, 1.82) is 0 Å². The SMILES string of the molecule is Cc1ncsc1-c1ccc([C@H](C)NC(=O)[C@@H]2C[C@@H](O)CN2C(=O)[C@@H](NC(=O)CCCCCCCCCCCCCN(C)CCOC23CC4(C)CC(C)(CC(Cn5ncc(-c6ccc(N7CCCc8c7nnc(Nc7nc9ccccc9s7)c8C)nc6C(N)=O)c5C)(C4)C2)C3)C(C)(C)C)cc1. The van der Waals surface area contributed by atoms with Gasteiger partial charge in [-0.25, -0.2) is 15.0 Å². The van der Waals surface area contributed by atoms with Gasteiger partial charge in [-0.2, -0.15) is 5.10 Å². The van der Waals surface area contributed by atoms with E-state index in [9.17, 15) is 24.3 Å². The molecule has 7 heterocycles. The molecule has 5 fully saturated rings. The number of likely N-dealkylation sites (N-methyl/N-ethyl adjacent to an activating group) is 1. The molecular formula is C78H106N14O6S2. The van der Waals surface area contributed by atoms with Crippen LogP contribution in [0.2, 0.25) is 0 Å². The van der Waals surface area contributed by atoms with Gasteiger partial charge >= 0.3 is 0 Å². The maximum atomic E-state index is 14.2. The third-order valence-electron chi connectivity index (χ3n) is 22.2. The highest BCUT2D eigenvalue weighted by Gasteiger charge is 2.66. The highest BCUT2D eigenvalue weighted by Crippen LogP contribution is 2.72. The van der Waals surface area contributed by atoms with E-state index in [0.29, 0.717) is 30.2 Å². The molecule has 2 aromatic carbocycles. The Balaban J connectivity index is 0.541. The summed E-state index contributed by atoms with van der Waals surface area (Å²) in [5, 5.41) is 35.5. The van der Waals surface area contributed by atoms with Crippen LogP contribution in [-0.4, -0.2) is 137 Å². The molecule has 5 aromatic heterocycles. The first-order valence-electron chi connectivity index (χ1n) is 36.8. The van der Waals surface area contributed by atoms with E-state index in [0.717, 1.165) is 162 Å². The fraction of sp³-hybridized carbons (Fsp3) is 0.590. The number of carbonyl (C=O) groups excluding carboxylic acids is 4. The van der Waals surface area contributed by atoms with Gasteiger partial charge in [0.2, 0.25) is 17.7 Å². The number of aliphatic hydroxyl groups is 1. The zero-order chi connectivity index (χ0) is 70.7. The molecule has 7 aromatic rings. The molecule has 0 spiro atoms. The Kier molecular flexibility index (Phi) is 22.0. The summed E-state index contributed by atoms with van der Waals surface area (Å²) in [6, 6.07) is 18.1. The highest BCUT2D eigenvalue weighted by atomic mass is 32.1. The number of ether oxygens (including phenoxy) is 1. The predicted octanol–water partition coefficient (Wildman–Crippen LogP) is 14.4. The van der Waals surface area contributed by atoms with Crippen LogP contribution in [0.4, 0.5) is 22.6 Å². The minimum Gasteiger partial charge on any atom is -0.391 e. The number of benzene rings is 2. The molecule has 100 heavy (non-hydrogen) atoms. The van der Waals surface area contributed by atoms with Gasteiger partial charge in [-0.3, -0.25) is 23.9 Å². The highest BCUT2D eigenvalue weighted by molar-refractivity contribution is 7.22. The lowest BCUT2D eigenvalue weighted by Gasteiger charge is -2.69. The second-order valence-corrected chi connectivity index (χ2v) is 34.0. The summed E-state index contributed by atoms with van der Waals surface area (Å²) in [6.07, 6.45) is 22.6. The predicted molar refractivity (Wildman–Crippen MR) is 398 cm³/mol. The number of hydrogen-bond donors (Lipinski definition) is 5. The molecule has 4 aliphatic carbocycles. The van der Waals surface area contributed by atoms with E-state index in [2.05, 4.69) is 81.3 Å². The number of fused-ring (bicyclic) bond motifs is 2. The minimum atomic E-state index is -0.842. The molecule has 536 valence electrons. The van der Waals surface area contributed by atoms with Crippen LogP contribution < -0.4 is 26.6 Å². The number of anilines is 4. The van der Waals surface area contributed by atoms with Gasteiger partial charge in [-0.05, 0) is 163 Å². The number of para-hydroxylation sites is 1. The number of primary amides is 1. The number of nitrogens with zero attached hydrogens (tertiary/aromatic N) is 10. The monoisotopic (exact) mass is 1400 g/mol. The summed E-state index contributed by atoms with van der Waals surface area (Å²) < 4.78 is 10.5. The molecule has 6 atom stereocenters. The molecule has 13 rings (SSSR count). The Morgan fingerprint density at radius 2 is 1.52 bits per heavy atom. The average molecular weight is 1400 g/mol. The number of likely N-dealkylation sites (tertiary alicyclic amines) is 1. The third-order valence-corrected chi connectivity index (χ3v) is 24.1. The number of aliphatic hydroxyl groups excluding tert-OH is 1. The zero-order valence-electron chi connectivity index (χ0n) is 60.7. The van der Waals surface area contributed by atoms with Crippen LogP contribution >= 0.6 is 22.7 Å². The van der Waals surface area contributed by atoms with Gasteiger partial charge in [0.05, 0.1) is 56.8 Å². The number of thiazole rings is 2. The topological polar surface area (TPSA) is 252 Å². The van der Waals surface area contributed by atoms with E-state index >= 15 is 0 Å². The number of unbranched alkanes of at least 4 members (excludes halogenated alkanes) is 10. The third kappa shape index (κ3) is 16.5. The molecule has 4 saturated carbocycles. The molecule has 6 aliphatic rings. The molecule has 4 bridgehead atoms. The number of aromatic nitrogens is 7. The van der Waals surface area contributed by atoms with Gasteiger partial charge in [0, 0.05) is 67.0 Å². The van der Waals surface area contributed by atoms with E-state index in [1.54, 1.807) is 22.7 Å². The van der Waals surface area contributed by atoms with Gasteiger partial charge < -0.3 is 46.2 Å². The van der Waals surface area contributed by atoms with Crippen molar-refractivity contribution in [1.82, 2.24) is 55.4 Å². The summed E-state index contributed by atoms with van der Waals surface area (Å²) >= 11 is 3.18. The van der Waals surface area contributed by atoms with Gasteiger partial charge in [-0.1, -0.05) is 140 Å². The number of hydrogen-bond acceptors (Lipinski definition) is 17. The van der Waals surface area contributed by atoms with Gasteiger partial charge in [0.1, 0.15) is 23.6 Å². The first kappa shape index (κ1) is 72.5. The van der Waals surface area contributed by atoms with E-state index in [1.165, 1.54) is 56.3 Å². The second kappa shape index (κ2) is 30.4. The quantitative estimate of drug-likeness (QED) is 0.0253. The van der Waals surface area contributed by atoms with Gasteiger partial charge in [-0.15, -0.1) is 21.5 Å². The number of β-amino-alcohol motifs (C(OH)–C–C–N with tert-alkyl or cyclic N) is 1. The van der Waals surface area contributed by atoms with Crippen molar-refractivity contribution in [3.63, 3.8) is 0 Å². The Bertz CT molecular complexity index is 4010. The Morgan fingerprint density at radius 1 is 0.820 bits per heavy atom. The zero-order valence-corrected chi connectivity index (χ0v) is 62.3. The van der Waals surface area contributed by atoms with Crippen molar-refractivity contribution in [2.24, 2.45) is 27.4 Å². The number of nitrogens with one attached hydrogen (secondary N) is 3. The fourth-order valence-electron chi connectivity index (χ4n) is 18.3. The van der Waals surface area contributed by atoms with Crippen molar-refractivity contribution >= 4 is 79.1 Å². The molecule has 6 N–H and O–H groups in total. The van der Waals surface area contributed by atoms with Crippen molar-refractivity contribution in [3.05, 3.63) is 106 Å². The van der Waals surface area contributed by atoms with Crippen LogP contribution in [0.1, 0.15) is 215 Å². The largest absolute Gasteiger partial charge is 0.391 e. The normalized spacial score (nSPS) is 23.1. The second-order valence-electron chi connectivity index (χ2n) is 32.1. The van der Waals surface area contributed by atoms with Crippen LogP contribution in [0.5, 0.6) is 0 Å². The number of carbonyl (C=O) groups is 4. The molecule has 1 saturated heterocycles. The summed E-state index contributed by atoms with van der Waals surface area (Å²) in [4.78, 5) is 75.9. The summed E-state index contributed by atoms with van der Waals surface area (Å²) in [5.74, 6) is 0.610. The first-order valence-corrected chi connectivity index (χ1v) is 38.5. The Morgan fingerprint density at radius 3 is 2.20 bits per heavy atom. The lowest BCUT2D eigenvalue weighted by molar-refractivity contribution is -0.248. The number of rotatable bonds is 31. The van der Waals surface area contributed by atoms with Crippen molar-refractivity contribution in [2.75, 3.05) is 50.1 Å². The molecule has 2 aliphatic heterocycles. The summed E-state index contributed by atoms with van der Waals surface area (Å²) in [7, 11) is 2.24. The van der Waals surface area contributed by atoms with Crippen molar-refractivity contribution < 1.29 is 29.0 Å². The fourth-order valence-corrected chi connectivity index (χ4v) is 20.0. The molecule has 2 unspecified atom stereocenters. The number of aryl methyl sites for hydroxylation is 1. The van der Waals surface area contributed by atoms with Gasteiger partial charge in [0.15, 0.2) is 16.8 Å². The van der Waals surface area contributed by atoms with Crippen LogP contribution in [0.15, 0.2) is 72.4 Å². The lowest BCUT2D eigenvalue weighted by Crippen LogP contribution is -2.64. The maximum Gasteiger partial charge on any atom is 0.268 e. The van der Waals surface area contributed by atoms with E-state index in [-0.39, 0.29) is 64.3 Å². The Labute approximate surface area is 598 Å². The van der Waals surface area contributed by atoms with E-state index < -0.39 is 29.5 Å². The molecule has 22 heteroatoms. The Hall–Kier alpha value is -7.24. The average Bonchev–Trinajstić information content (AvgIpc) is 0.805. The molecule has 0 radical (unpaired) electrons. The summed E-state index contributed by atoms with van der Waals surface area (Å²) in [6.45, 7) is 23.1. The number of nitrogens with two attached hydrogens (primary N) is 1. The van der Waals surface area contributed by atoms with Crippen molar-refractivity contribution in [2.45, 2.75) is 234 Å². The van der Waals surface area contributed by atoms with E-state index in [1.807, 2.05) is 101 Å². The van der Waals surface area contributed by atoms with Crippen LogP contribution in [0.25, 0.3) is 31.8 Å². The molecule has 20 nitrogen and oxygen atoms in total. The minimum absolute atomic E-state index is 0.0362. The molecule has 4 amide bonds. The van der Waals surface area contributed by atoms with Crippen molar-refractivity contribution in [3.8, 4) is 21.6 Å². The van der Waals surface area contributed by atoms with Crippen LogP contribution in [-0.2, 0) is 32.1 Å². The van der Waals surface area contributed by atoms with E-state index in [4.69, 9.17) is 30.6 Å². The van der Waals surface area contributed by atoms with Crippen LogP contribution in [0.3, 0.4) is 0 Å². The maximum absolute atomic E-state index is 14.2. The molecular weight excluding hydrogens is 1290 g/mol. The standard InChI is InChI=1S/C78H106N14O6S2/c1-50-57-25-24-36-90(70(57)88-87-69(50)86-73-83-60-26-21-22-27-62(60)100-73)63-34-33-58(65(84-63)68(79)95)59-40-81-92(53(59)4)48-77-43-75(8)42-76(9,44-77)46-78(45-75,47-77)98-38-37-89(10)35-23-19-17-15-13-11-12-14-16-18-20-28-64(94)85-67(74(5,6)7)72(97)91-41-56(93)39-61(91)71(96)82-51(2)54-29-31-55(32-30-54)66-52(3)80-49-99-66/h21-22,26-27,29-34,40,49,51,56,61,67,93H,11-20,23-25,28,35-39,41-48H2,1-10H3,(H2,79,95)(H,82,96)(H,85,94)(H,83,86,87)/t51-,56+,61-,67+,75?,76?,77?,78?/m0/s1. The smallest absolute Gasteiger partial charge is 0.268 e. The number of amides is 4. The lowest BCUT2D eigenvalue weighted by atomic mass is 9.39. The summed E-state index contributed by atoms with van der Waals surface area (Å²) in [5.41, 5.74) is 16.5. The first-order chi connectivity index (χ1) is 47.8. The van der Waals surface area contributed by atoms with Crippen LogP contribution in [0, 0.1) is 42.4 Å². The number of pyridine rings is 1.